The summed E-state index contributed by atoms with van der Waals surface area (Å²) in [5.41, 5.74) is 0.640. The molecular formula is C15H18F4O3. The van der Waals surface area contributed by atoms with Crippen molar-refractivity contribution in [2.45, 2.75) is 38.8 Å². The average molecular weight is 322 g/mol. The van der Waals surface area contributed by atoms with Crippen LogP contribution in [0.2, 0.25) is 0 Å². The summed E-state index contributed by atoms with van der Waals surface area (Å²) in [5.74, 6) is -1.52. The third-order valence-corrected chi connectivity index (χ3v) is 2.79. The normalized spacial score (nSPS) is 11.3. The van der Waals surface area contributed by atoms with E-state index in [-0.39, 0.29) is 5.97 Å². The fourth-order valence-electron chi connectivity index (χ4n) is 1.81. The highest BCUT2D eigenvalue weighted by atomic mass is 19.4. The number of esters is 1. The minimum atomic E-state index is -4.50. The van der Waals surface area contributed by atoms with Crippen molar-refractivity contribution in [1.82, 2.24) is 0 Å². The van der Waals surface area contributed by atoms with Crippen LogP contribution in [0.25, 0.3) is 0 Å². The summed E-state index contributed by atoms with van der Waals surface area (Å²) >= 11 is 0. The Morgan fingerprint density at radius 1 is 1.23 bits per heavy atom. The van der Waals surface area contributed by atoms with Crippen molar-refractivity contribution in [3.05, 3.63) is 29.6 Å². The van der Waals surface area contributed by atoms with Crippen LogP contribution in [0.3, 0.4) is 0 Å². The maximum absolute atomic E-state index is 13.6. The monoisotopic (exact) mass is 322 g/mol. The fraction of sp³-hybridized carbons (Fsp3) is 0.533. The Balaban J connectivity index is 2.40. The quantitative estimate of drug-likeness (QED) is 0.412. The van der Waals surface area contributed by atoms with Crippen LogP contribution in [-0.2, 0) is 16.0 Å². The number of carbonyl (C=O) groups excluding carboxylic acids is 1. The molecule has 124 valence electrons. The number of unbranched alkanes of at least 4 members (excludes halogenated alkanes) is 1. The summed E-state index contributed by atoms with van der Waals surface area (Å²) in [4.78, 5) is 11.1. The number of hydrogen-bond donors (Lipinski definition) is 0. The average Bonchev–Trinajstić information content (AvgIpc) is 2.42. The Bertz CT molecular complexity index is 486. The topological polar surface area (TPSA) is 35.5 Å². The molecule has 0 spiro atoms. The van der Waals surface area contributed by atoms with Gasteiger partial charge in [0.1, 0.15) is 0 Å². The molecule has 0 aliphatic rings. The molecule has 0 aromatic heterocycles. The van der Waals surface area contributed by atoms with Crippen LogP contribution in [0, 0.1) is 5.82 Å². The number of aryl methyl sites for hydroxylation is 1. The van der Waals surface area contributed by atoms with Crippen molar-refractivity contribution in [3.8, 4) is 5.75 Å². The van der Waals surface area contributed by atoms with Crippen LogP contribution in [0.1, 0.15) is 31.7 Å². The van der Waals surface area contributed by atoms with Gasteiger partial charge in [0.15, 0.2) is 18.2 Å². The summed E-state index contributed by atoms with van der Waals surface area (Å²) in [7, 11) is 0. The molecule has 0 heterocycles. The Hall–Kier alpha value is -1.79. The molecule has 0 N–H and O–H groups in total. The lowest BCUT2D eigenvalue weighted by atomic mass is 10.1. The maximum atomic E-state index is 13.6. The van der Waals surface area contributed by atoms with Gasteiger partial charge in [-0.25, -0.2) is 4.39 Å². The van der Waals surface area contributed by atoms with E-state index in [9.17, 15) is 22.4 Å². The zero-order chi connectivity index (χ0) is 16.6. The first kappa shape index (κ1) is 18.3. The van der Waals surface area contributed by atoms with E-state index in [1.165, 1.54) is 12.1 Å². The van der Waals surface area contributed by atoms with Crippen molar-refractivity contribution < 1.29 is 31.8 Å². The van der Waals surface area contributed by atoms with E-state index in [0.29, 0.717) is 37.9 Å². The molecule has 0 radical (unpaired) electrons. The highest BCUT2D eigenvalue weighted by Crippen LogP contribution is 2.23. The van der Waals surface area contributed by atoms with Gasteiger partial charge in [0.25, 0.3) is 0 Å². The van der Waals surface area contributed by atoms with Crippen molar-refractivity contribution in [2.24, 2.45) is 0 Å². The molecule has 0 saturated carbocycles. The predicted octanol–water partition coefficient (Wildman–Crippen LogP) is 4.04. The van der Waals surface area contributed by atoms with E-state index >= 15 is 0 Å². The summed E-state index contributed by atoms with van der Waals surface area (Å²) in [6, 6.07) is 3.84. The molecule has 0 fully saturated rings. The molecule has 0 unspecified atom stereocenters. The smallest absolute Gasteiger partial charge is 0.422 e. The largest absolute Gasteiger partial charge is 0.481 e. The van der Waals surface area contributed by atoms with Gasteiger partial charge in [-0.1, -0.05) is 6.07 Å². The zero-order valence-corrected chi connectivity index (χ0v) is 12.2. The van der Waals surface area contributed by atoms with Gasteiger partial charge in [0.2, 0.25) is 0 Å². The number of rotatable bonds is 8. The van der Waals surface area contributed by atoms with Gasteiger partial charge in [-0.3, -0.25) is 4.79 Å². The molecule has 1 aromatic rings. The van der Waals surface area contributed by atoms with Crippen LogP contribution >= 0.6 is 0 Å². The summed E-state index contributed by atoms with van der Waals surface area (Å²) in [5, 5.41) is 0. The van der Waals surface area contributed by atoms with Crippen molar-refractivity contribution in [3.63, 3.8) is 0 Å². The Labute approximate surface area is 126 Å². The highest BCUT2D eigenvalue weighted by Gasteiger charge is 2.28. The first-order valence-corrected chi connectivity index (χ1v) is 6.95. The SMILES string of the molecule is CCOC(=O)CCCCc1ccc(OCC(F)(F)F)c(F)c1. The molecule has 1 rings (SSSR count). The number of carbonyl (C=O) groups is 1. The molecule has 0 aliphatic heterocycles. The number of ether oxygens (including phenoxy) is 2. The first-order chi connectivity index (χ1) is 10.3. The lowest BCUT2D eigenvalue weighted by Gasteiger charge is -2.10. The fourth-order valence-corrected chi connectivity index (χ4v) is 1.81. The van der Waals surface area contributed by atoms with Gasteiger partial charge in [0, 0.05) is 6.42 Å². The zero-order valence-electron chi connectivity index (χ0n) is 12.2. The van der Waals surface area contributed by atoms with Gasteiger partial charge >= 0.3 is 12.1 Å². The third-order valence-electron chi connectivity index (χ3n) is 2.79. The van der Waals surface area contributed by atoms with Crippen molar-refractivity contribution >= 4 is 5.97 Å². The molecule has 22 heavy (non-hydrogen) atoms. The number of halogens is 4. The summed E-state index contributed by atoms with van der Waals surface area (Å²) < 4.78 is 58.7. The van der Waals surface area contributed by atoms with E-state index < -0.39 is 24.3 Å². The van der Waals surface area contributed by atoms with Crippen LogP contribution < -0.4 is 4.74 Å². The standard InChI is InChI=1S/C15H18F4O3/c1-2-21-14(20)6-4-3-5-11-7-8-13(12(16)9-11)22-10-15(17,18)19/h7-9H,2-6,10H2,1H3. The second kappa shape index (κ2) is 8.60. The molecular weight excluding hydrogens is 304 g/mol. The van der Waals surface area contributed by atoms with Crippen molar-refractivity contribution in [1.29, 1.82) is 0 Å². The maximum Gasteiger partial charge on any atom is 0.422 e. The highest BCUT2D eigenvalue weighted by molar-refractivity contribution is 5.69. The first-order valence-electron chi connectivity index (χ1n) is 6.95. The van der Waals surface area contributed by atoms with E-state index in [1.807, 2.05) is 0 Å². The lowest BCUT2D eigenvalue weighted by molar-refractivity contribution is -0.153. The number of alkyl halides is 3. The summed E-state index contributed by atoms with van der Waals surface area (Å²) in [6.07, 6.45) is -2.43. The second-order valence-electron chi connectivity index (χ2n) is 4.68. The molecule has 7 heteroatoms. The lowest BCUT2D eigenvalue weighted by Crippen LogP contribution is -2.19. The van der Waals surface area contributed by atoms with Crippen molar-refractivity contribution in [2.75, 3.05) is 13.2 Å². The molecule has 0 saturated heterocycles. The predicted molar refractivity (Wildman–Crippen MR) is 72.1 cm³/mol. The van der Waals surface area contributed by atoms with Crippen LogP contribution in [0.4, 0.5) is 17.6 Å². The molecule has 0 amide bonds. The number of hydrogen-bond acceptors (Lipinski definition) is 3. The van der Waals surface area contributed by atoms with Gasteiger partial charge in [-0.2, -0.15) is 13.2 Å². The Kier molecular flexibility index (Phi) is 7.14. The second-order valence-corrected chi connectivity index (χ2v) is 4.68. The van der Waals surface area contributed by atoms with E-state index in [4.69, 9.17) is 4.74 Å². The third kappa shape index (κ3) is 7.28. The van der Waals surface area contributed by atoms with Gasteiger partial charge < -0.3 is 9.47 Å². The molecule has 0 aliphatic carbocycles. The minimum absolute atomic E-state index is 0.274. The van der Waals surface area contributed by atoms with Crippen LogP contribution in [0.5, 0.6) is 5.75 Å². The minimum Gasteiger partial charge on any atom is -0.481 e. The summed E-state index contributed by atoms with van der Waals surface area (Å²) in [6.45, 7) is 0.537. The van der Waals surface area contributed by atoms with E-state index in [2.05, 4.69) is 4.74 Å². The van der Waals surface area contributed by atoms with Gasteiger partial charge in [-0.05, 0) is 43.9 Å². The van der Waals surface area contributed by atoms with Gasteiger partial charge in [-0.15, -0.1) is 0 Å². The molecule has 3 nitrogen and oxygen atoms in total. The van der Waals surface area contributed by atoms with Crippen LogP contribution in [-0.4, -0.2) is 25.4 Å². The molecule has 0 atom stereocenters. The Morgan fingerprint density at radius 3 is 2.55 bits per heavy atom. The van der Waals surface area contributed by atoms with Gasteiger partial charge in [0.05, 0.1) is 6.61 Å². The number of benzene rings is 1. The van der Waals surface area contributed by atoms with E-state index in [1.54, 1.807) is 6.92 Å². The molecule has 1 aromatic carbocycles. The molecule has 0 bridgehead atoms. The van der Waals surface area contributed by atoms with Crippen LogP contribution in [0.15, 0.2) is 18.2 Å². The Morgan fingerprint density at radius 2 is 1.95 bits per heavy atom. The van der Waals surface area contributed by atoms with E-state index in [0.717, 1.165) is 6.07 Å².